The molecule has 154 valence electrons. The molecule has 8 nitrogen and oxygen atoms in total. The molecule has 0 aromatic heterocycles. The Hall–Kier alpha value is -1.06. The molecular weight excluding hydrogens is 346 g/mol. The molecule has 0 aromatic carbocycles. The molecule has 0 aromatic rings. The van der Waals surface area contributed by atoms with Crippen LogP contribution in [0.25, 0.3) is 0 Å². The molecule has 3 heterocycles. The zero-order chi connectivity index (χ0) is 19.4. The zero-order valence-electron chi connectivity index (χ0n) is 16.7. The Morgan fingerprint density at radius 2 is 1.52 bits per heavy atom. The lowest BCUT2D eigenvalue weighted by atomic mass is 9.82. The first kappa shape index (κ1) is 20.7. The Bertz CT molecular complexity index is 505. The Labute approximate surface area is 162 Å². The number of nitrogens with one attached hydrogen (secondary N) is 2. The average Bonchev–Trinajstić information content (AvgIpc) is 2.61. The third-order valence-corrected chi connectivity index (χ3v) is 5.83. The van der Waals surface area contributed by atoms with E-state index in [0.29, 0.717) is 32.5 Å². The maximum atomic E-state index is 12.2. The molecule has 3 aliphatic rings. The van der Waals surface area contributed by atoms with E-state index in [1.807, 2.05) is 13.8 Å². The number of amides is 2. The first-order valence-electron chi connectivity index (χ1n) is 10.3. The summed E-state index contributed by atoms with van der Waals surface area (Å²) in [6.45, 7) is 10.9. The summed E-state index contributed by atoms with van der Waals surface area (Å²) in [5, 5.41) is 16.2. The maximum Gasteiger partial charge on any atom is 0.229 e. The molecule has 3 N–H and O–H groups in total. The van der Waals surface area contributed by atoms with Crippen molar-refractivity contribution in [2.75, 3.05) is 52.4 Å². The van der Waals surface area contributed by atoms with E-state index in [0.717, 1.165) is 45.6 Å². The van der Waals surface area contributed by atoms with Crippen LogP contribution in [0.1, 0.15) is 39.5 Å². The predicted molar refractivity (Wildman–Crippen MR) is 103 cm³/mol. The summed E-state index contributed by atoms with van der Waals surface area (Å²) < 4.78 is 0. The molecule has 3 saturated heterocycles. The maximum absolute atomic E-state index is 12.2. The number of aliphatic hydroxyl groups is 1. The highest BCUT2D eigenvalue weighted by atomic mass is 16.3. The summed E-state index contributed by atoms with van der Waals surface area (Å²) in [6.07, 6.45) is 2.69. The van der Waals surface area contributed by atoms with Crippen LogP contribution in [0.2, 0.25) is 0 Å². The third-order valence-electron chi connectivity index (χ3n) is 5.83. The SMILES string of the molecule is CC1(C)CC(=O)N(CCCCN2CCN(C3NCC(O)CN3)CC2)C(=O)C1. The number of hydrogen-bond donors (Lipinski definition) is 3. The van der Waals surface area contributed by atoms with Gasteiger partial charge in [0.2, 0.25) is 11.8 Å². The van der Waals surface area contributed by atoms with E-state index in [9.17, 15) is 14.7 Å². The minimum Gasteiger partial charge on any atom is -0.390 e. The Morgan fingerprint density at radius 3 is 2.11 bits per heavy atom. The molecule has 0 unspecified atom stereocenters. The standard InChI is InChI=1S/C19H35N5O3/c1-19(2)11-16(26)24(17(27)12-19)6-4-3-5-22-7-9-23(10-8-22)18-20-13-15(25)14-21-18/h15,18,20-21,25H,3-14H2,1-2H3. The van der Waals surface area contributed by atoms with Crippen molar-refractivity contribution in [3.8, 4) is 0 Å². The number of carbonyl (C=O) groups is 2. The van der Waals surface area contributed by atoms with E-state index in [1.165, 1.54) is 4.90 Å². The van der Waals surface area contributed by atoms with Gasteiger partial charge in [0.1, 0.15) is 6.29 Å². The molecule has 0 radical (unpaired) electrons. The van der Waals surface area contributed by atoms with Gasteiger partial charge in [0.15, 0.2) is 0 Å². The molecule has 0 atom stereocenters. The number of piperazine rings is 1. The third kappa shape index (κ3) is 5.71. The molecule has 3 rings (SSSR count). The lowest BCUT2D eigenvalue weighted by Gasteiger charge is -2.42. The lowest BCUT2D eigenvalue weighted by molar-refractivity contribution is -0.152. The van der Waals surface area contributed by atoms with Gasteiger partial charge in [-0.3, -0.25) is 30.0 Å². The van der Waals surface area contributed by atoms with Gasteiger partial charge in [-0.2, -0.15) is 0 Å². The Kier molecular flexibility index (Phi) is 6.86. The summed E-state index contributed by atoms with van der Waals surface area (Å²) >= 11 is 0. The fourth-order valence-electron chi connectivity index (χ4n) is 4.21. The predicted octanol–water partition coefficient (Wildman–Crippen LogP) is -0.603. The van der Waals surface area contributed by atoms with Crippen LogP contribution in [-0.4, -0.2) is 96.4 Å². The number of nitrogens with zero attached hydrogens (tertiary/aromatic N) is 3. The van der Waals surface area contributed by atoms with Gasteiger partial charge in [-0.15, -0.1) is 0 Å². The molecule has 0 aliphatic carbocycles. The molecule has 0 spiro atoms. The van der Waals surface area contributed by atoms with Crippen LogP contribution in [0.4, 0.5) is 0 Å². The molecule has 2 amide bonds. The van der Waals surface area contributed by atoms with Crippen molar-refractivity contribution in [2.45, 2.75) is 51.9 Å². The normalized spacial score (nSPS) is 30.7. The molecule has 3 fully saturated rings. The first-order valence-corrected chi connectivity index (χ1v) is 10.3. The molecule has 8 heteroatoms. The van der Waals surface area contributed by atoms with Gasteiger partial charge in [0.25, 0.3) is 0 Å². The summed E-state index contributed by atoms with van der Waals surface area (Å²) in [6, 6.07) is 0. The van der Waals surface area contributed by atoms with Gasteiger partial charge in [-0.1, -0.05) is 13.8 Å². The van der Waals surface area contributed by atoms with E-state index < -0.39 is 0 Å². The van der Waals surface area contributed by atoms with Gasteiger partial charge in [0, 0.05) is 58.7 Å². The lowest BCUT2D eigenvalue weighted by Crippen LogP contribution is -2.65. The van der Waals surface area contributed by atoms with Crippen LogP contribution in [0, 0.1) is 5.41 Å². The summed E-state index contributed by atoms with van der Waals surface area (Å²) in [7, 11) is 0. The highest BCUT2D eigenvalue weighted by molar-refractivity contribution is 5.98. The number of aliphatic hydroxyl groups excluding tert-OH is 1. The van der Waals surface area contributed by atoms with E-state index in [4.69, 9.17) is 0 Å². The van der Waals surface area contributed by atoms with Crippen LogP contribution in [0.15, 0.2) is 0 Å². The van der Waals surface area contributed by atoms with Crippen LogP contribution in [0.3, 0.4) is 0 Å². The minimum absolute atomic E-state index is 0.0116. The van der Waals surface area contributed by atoms with Crippen molar-refractivity contribution in [1.29, 1.82) is 0 Å². The number of β-amino-alcohol motifs (C(OH)–C–C–N with tert-alkyl or cyclic N) is 1. The van der Waals surface area contributed by atoms with Crippen LogP contribution < -0.4 is 10.6 Å². The Balaban J connectivity index is 1.31. The second-order valence-corrected chi connectivity index (χ2v) is 8.91. The molecule has 3 aliphatic heterocycles. The molecule has 0 bridgehead atoms. The number of likely N-dealkylation sites (tertiary alicyclic amines) is 1. The van der Waals surface area contributed by atoms with Crippen LogP contribution in [0.5, 0.6) is 0 Å². The minimum atomic E-state index is -0.299. The summed E-state index contributed by atoms with van der Waals surface area (Å²) in [4.78, 5) is 30.7. The van der Waals surface area contributed by atoms with E-state index in [-0.39, 0.29) is 29.6 Å². The number of hydrogen-bond acceptors (Lipinski definition) is 7. The summed E-state index contributed by atoms with van der Waals surface area (Å²) in [5.74, 6) is -0.0232. The number of piperidine rings is 1. The monoisotopic (exact) mass is 381 g/mol. The van der Waals surface area contributed by atoms with Crippen LogP contribution in [-0.2, 0) is 9.59 Å². The first-order chi connectivity index (χ1) is 12.8. The highest BCUT2D eigenvalue weighted by Crippen LogP contribution is 2.31. The topological polar surface area (TPSA) is 88.2 Å². The number of unbranched alkanes of at least 4 members (excludes halogenated alkanes) is 1. The van der Waals surface area contributed by atoms with Gasteiger partial charge < -0.3 is 10.0 Å². The highest BCUT2D eigenvalue weighted by Gasteiger charge is 2.36. The van der Waals surface area contributed by atoms with Gasteiger partial charge in [0.05, 0.1) is 6.10 Å². The van der Waals surface area contributed by atoms with Crippen LogP contribution >= 0.6 is 0 Å². The largest absolute Gasteiger partial charge is 0.390 e. The second-order valence-electron chi connectivity index (χ2n) is 8.91. The van der Waals surface area contributed by atoms with Gasteiger partial charge in [-0.05, 0) is 24.8 Å². The fourth-order valence-corrected chi connectivity index (χ4v) is 4.21. The van der Waals surface area contributed by atoms with E-state index >= 15 is 0 Å². The van der Waals surface area contributed by atoms with E-state index in [2.05, 4.69) is 20.4 Å². The van der Waals surface area contributed by atoms with Gasteiger partial charge in [-0.25, -0.2) is 0 Å². The fraction of sp³-hybridized carbons (Fsp3) is 0.895. The molecular formula is C19H35N5O3. The van der Waals surface area contributed by atoms with Crippen molar-refractivity contribution in [3.63, 3.8) is 0 Å². The van der Waals surface area contributed by atoms with E-state index in [1.54, 1.807) is 0 Å². The Morgan fingerprint density at radius 1 is 0.963 bits per heavy atom. The summed E-state index contributed by atoms with van der Waals surface area (Å²) in [5.41, 5.74) is -0.190. The molecule has 27 heavy (non-hydrogen) atoms. The quantitative estimate of drug-likeness (QED) is 0.418. The number of imide groups is 1. The smallest absolute Gasteiger partial charge is 0.229 e. The second kappa shape index (κ2) is 8.96. The van der Waals surface area contributed by atoms with Gasteiger partial charge >= 0.3 is 0 Å². The van der Waals surface area contributed by atoms with Crippen molar-refractivity contribution in [2.24, 2.45) is 5.41 Å². The molecule has 0 saturated carbocycles. The zero-order valence-corrected chi connectivity index (χ0v) is 16.7. The average molecular weight is 382 g/mol. The van der Waals surface area contributed by atoms with Crippen molar-refractivity contribution in [3.05, 3.63) is 0 Å². The van der Waals surface area contributed by atoms with Crippen molar-refractivity contribution >= 4 is 11.8 Å². The van der Waals surface area contributed by atoms with Crippen molar-refractivity contribution in [1.82, 2.24) is 25.3 Å². The van der Waals surface area contributed by atoms with Crippen molar-refractivity contribution < 1.29 is 14.7 Å². The number of rotatable bonds is 6. The number of carbonyl (C=O) groups excluding carboxylic acids is 2.